The Hall–Kier alpha value is -0.160. The fourth-order valence-corrected chi connectivity index (χ4v) is 4.15. The monoisotopic (exact) mass is 298 g/mol. The zero-order chi connectivity index (χ0) is 15.5. The average molecular weight is 298 g/mol. The highest BCUT2D eigenvalue weighted by Crippen LogP contribution is 2.49. The van der Waals surface area contributed by atoms with Gasteiger partial charge in [-0.3, -0.25) is 5.32 Å². The second-order valence-electron chi connectivity index (χ2n) is 8.36. The van der Waals surface area contributed by atoms with Crippen molar-refractivity contribution in [3.05, 3.63) is 0 Å². The summed E-state index contributed by atoms with van der Waals surface area (Å²) in [5.41, 5.74) is 0.861. The zero-order valence-electron chi connectivity index (χ0n) is 14.6. The third-order valence-electron chi connectivity index (χ3n) is 4.79. The molecule has 1 spiro atoms. The number of ether oxygens (including phenoxy) is 2. The Bertz CT molecular complexity index is 319. The van der Waals surface area contributed by atoms with Gasteiger partial charge in [0.25, 0.3) is 0 Å². The molecule has 0 aromatic heterocycles. The van der Waals surface area contributed by atoms with Crippen molar-refractivity contribution in [3.63, 3.8) is 0 Å². The summed E-state index contributed by atoms with van der Waals surface area (Å²) in [6.07, 6.45) is 4.20. The van der Waals surface area contributed by atoms with E-state index in [2.05, 4.69) is 38.0 Å². The van der Waals surface area contributed by atoms with Gasteiger partial charge in [0.15, 0.2) is 0 Å². The lowest BCUT2D eigenvalue weighted by Gasteiger charge is -2.58. The molecule has 1 aliphatic heterocycles. The minimum absolute atomic E-state index is 0.238. The van der Waals surface area contributed by atoms with Gasteiger partial charge in [0, 0.05) is 18.5 Å². The lowest BCUT2D eigenvalue weighted by molar-refractivity contribution is -0.155. The Morgan fingerprint density at radius 3 is 2.57 bits per heavy atom. The van der Waals surface area contributed by atoms with Crippen LogP contribution in [0.1, 0.15) is 40.0 Å². The minimum atomic E-state index is 0.238. The van der Waals surface area contributed by atoms with Crippen molar-refractivity contribution in [2.24, 2.45) is 16.7 Å². The number of nitrogens with one attached hydrogen (secondary N) is 1. The topological polar surface area (TPSA) is 33.7 Å². The van der Waals surface area contributed by atoms with E-state index in [1.165, 1.54) is 25.9 Å². The van der Waals surface area contributed by atoms with Crippen LogP contribution in [0.3, 0.4) is 0 Å². The van der Waals surface area contributed by atoms with Gasteiger partial charge in [-0.1, -0.05) is 20.8 Å². The number of hydrogen-bond acceptors (Lipinski definition) is 4. The van der Waals surface area contributed by atoms with Crippen molar-refractivity contribution in [3.8, 4) is 0 Å². The highest BCUT2D eigenvalue weighted by molar-refractivity contribution is 5.04. The van der Waals surface area contributed by atoms with Crippen molar-refractivity contribution < 1.29 is 9.47 Å². The smallest absolute Gasteiger partial charge is 0.0962 e. The van der Waals surface area contributed by atoms with Crippen molar-refractivity contribution in [1.29, 1.82) is 0 Å². The second-order valence-corrected chi connectivity index (χ2v) is 8.36. The van der Waals surface area contributed by atoms with Crippen LogP contribution in [0.5, 0.6) is 0 Å². The Kier molecular flexibility index (Phi) is 5.69. The van der Waals surface area contributed by atoms with E-state index in [0.29, 0.717) is 24.2 Å². The van der Waals surface area contributed by atoms with Gasteiger partial charge in [0.05, 0.1) is 26.0 Å². The maximum Gasteiger partial charge on any atom is 0.0962 e. The summed E-state index contributed by atoms with van der Waals surface area (Å²) < 4.78 is 11.7. The Morgan fingerprint density at radius 2 is 2.00 bits per heavy atom. The Morgan fingerprint density at radius 1 is 1.33 bits per heavy atom. The van der Waals surface area contributed by atoms with Gasteiger partial charge < -0.3 is 14.4 Å². The summed E-state index contributed by atoms with van der Waals surface area (Å²) >= 11 is 0. The largest absolute Gasteiger partial charge is 0.378 e. The van der Waals surface area contributed by atoms with Crippen LogP contribution in [0, 0.1) is 16.7 Å². The Balaban J connectivity index is 1.58. The van der Waals surface area contributed by atoms with E-state index in [0.717, 1.165) is 19.6 Å². The summed E-state index contributed by atoms with van der Waals surface area (Å²) in [5, 5.41) is 3.01. The van der Waals surface area contributed by atoms with Gasteiger partial charge in [0.2, 0.25) is 0 Å². The van der Waals surface area contributed by atoms with Crippen LogP contribution in [0.15, 0.2) is 0 Å². The molecule has 2 rings (SSSR count). The van der Waals surface area contributed by atoms with E-state index in [-0.39, 0.29) is 5.41 Å². The van der Waals surface area contributed by atoms with Gasteiger partial charge in [0.1, 0.15) is 0 Å². The standard InChI is InChI=1S/C17H34N2O2/c1-14(9-20-13-18-4)6-16(2,3)12-21-15-7-17(8-15)10-19(5)11-17/h14-15,18H,6-13H2,1-5H3. The van der Waals surface area contributed by atoms with E-state index in [1.807, 2.05) is 7.05 Å². The van der Waals surface area contributed by atoms with Crippen LogP contribution in [0.2, 0.25) is 0 Å². The molecule has 1 saturated carbocycles. The lowest BCUT2D eigenvalue weighted by atomic mass is 9.62. The molecule has 0 bridgehead atoms. The molecule has 2 fully saturated rings. The maximum absolute atomic E-state index is 6.16. The predicted molar refractivity (Wildman–Crippen MR) is 86.3 cm³/mol. The van der Waals surface area contributed by atoms with Crippen LogP contribution >= 0.6 is 0 Å². The number of likely N-dealkylation sites (tertiary alicyclic amines) is 1. The molecular formula is C17H34N2O2. The zero-order valence-corrected chi connectivity index (χ0v) is 14.6. The van der Waals surface area contributed by atoms with Gasteiger partial charge in [-0.2, -0.15) is 0 Å². The molecule has 1 aliphatic carbocycles. The molecule has 1 heterocycles. The third kappa shape index (κ3) is 4.92. The summed E-state index contributed by atoms with van der Waals surface area (Å²) in [4.78, 5) is 2.41. The fraction of sp³-hybridized carbons (Fsp3) is 1.00. The molecule has 2 aliphatic rings. The molecule has 4 nitrogen and oxygen atoms in total. The van der Waals surface area contributed by atoms with Crippen LogP contribution < -0.4 is 5.32 Å². The third-order valence-corrected chi connectivity index (χ3v) is 4.79. The van der Waals surface area contributed by atoms with Crippen LogP contribution in [0.25, 0.3) is 0 Å². The molecule has 4 heteroatoms. The summed E-state index contributed by atoms with van der Waals surface area (Å²) in [6.45, 7) is 11.8. The van der Waals surface area contributed by atoms with E-state index in [9.17, 15) is 0 Å². The second kappa shape index (κ2) is 6.95. The first-order valence-corrected chi connectivity index (χ1v) is 8.37. The molecule has 0 radical (unpaired) electrons. The number of hydrogen-bond donors (Lipinski definition) is 1. The molecule has 1 atom stereocenters. The van der Waals surface area contributed by atoms with E-state index in [1.54, 1.807) is 0 Å². The lowest BCUT2D eigenvalue weighted by Crippen LogP contribution is -2.62. The molecule has 21 heavy (non-hydrogen) atoms. The van der Waals surface area contributed by atoms with Crippen molar-refractivity contribution in [2.45, 2.75) is 46.1 Å². The van der Waals surface area contributed by atoms with Gasteiger partial charge in [-0.05, 0) is 44.7 Å². The highest BCUT2D eigenvalue weighted by atomic mass is 16.5. The molecule has 0 aromatic rings. The summed E-state index contributed by atoms with van der Waals surface area (Å²) in [5.74, 6) is 0.574. The molecule has 124 valence electrons. The maximum atomic E-state index is 6.16. The normalized spacial score (nSPS) is 23.9. The van der Waals surface area contributed by atoms with Crippen LogP contribution in [-0.2, 0) is 9.47 Å². The average Bonchev–Trinajstić information content (AvgIpc) is 2.30. The van der Waals surface area contributed by atoms with Crippen molar-refractivity contribution in [2.75, 3.05) is 47.1 Å². The quantitative estimate of drug-likeness (QED) is 0.523. The fourth-order valence-electron chi connectivity index (χ4n) is 4.15. The minimum Gasteiger partial charge on any atom is -0.378 e. The van der Waals surface area contributed by atoms with Crippen LogP contribution in [0.4, 0.5) is 0 Å². The summed E-state index contributed by atoms with van der Waals surface area (Å²) in [7, 11) is 4.12. The van der Waals surface area contributed by atoms with E-state index >= 15 is 0 Å². The van der Waals surface area contributed by atoms with Crippen molar-refractivity contribution in [1.82, 2.24) is 10.2 Å². The van der Waals surface area contributed by atoms with Crippen molar-refractivity contribution >= 4 is 0 Å². The first-order chi connectivity index (χ1) is 9.84. The van der Waals surface area contributed by atoms with E-state index < -0.39 is 0 Å². The number of rotatable bonds is 9. The predicted octanol–water partition coefficient (Wildman–Crippen LogP) is 2.34. The van der Waals surface area contributed by atoms with Gasteiger partial charge >= 0.3 is 0 Å². The molecule has 1 N–H and O–H groups in total. The molecule has 1 unspecified atom stereocenters. The molecule has 0 aromatic carbocycles. The van der Waals surface area contributed by atoms with Gasteiger partial charge in [-0.25, -0.2) is 0 Å². The van der Waals surface area contributed by atoms with Gasteiger partial charge in [-0.15, -0.1) is 0 Å². The van der Waals surface area contributed by atoms with Crippen LogP contribution in [-0.4, -0.2) is 58.1 Å². The van der Waals surface area contributed by atoms with E-state index in [4.69, 9.17) is 9.47 Å². The SMILES string of the molecule is CNCOCC(C)CC(C)(C)COC1CC2(C1)CN(C)C2. The number of nitrogens with zero attached hydrogens (tertiary/aromatic N) is 1. The highest BCUT2D eigenvalue weighted by Gasteiger charge is 2.51. The summed E-state index contributed by atoms with van der Waals surface area (Å²) in [6, 6.07) is 0. The molecule has 0 amide bonds. The molecular weight excluding hydrogens is 264 g/mol. The first kappa shape index (κ1) is 17.2. The first-order valence-electron chi connectivity index (χ1n) is 8.37. The Labute approximate surface area is 130 Å². The molecule has 1 saturated heterocycles.